The minimum absolute atomic E-state index is 0.0658. The van der Waals surface area contributed by atoms with Gasteiger partial charge in [0, 0.05) is 30.6 Å². The molecule has 0 fully saturated rings. The average molecular weight is 420 g/mol. The highest BCUT2D eigenvalue weighted by atomic mass is 32.2. The van der Waals surface area contributed by atoms with Crippen molar-refractivity contribution in [1.82, 2.24) is 4.90 Å². The molecule has 5 heteroatoms. The minimum atomic E-state index is -0.394. The molecule has 170 valence electrons. The van der Waals surface area contributed by atoms with Crippen LogP contribution in [0.2, 0.25) is 0 Å². The molecule has 0 aromatic rings. The lowest BCUT2D eigenvalue weighted by molar-refractivity contribution is 0.0994. The summed E-state index contributed by atoms with van der Waals surface area (Å²) in [6.45, 7) is 6.20. The molecule has 4 nitrogen and oxygen atoms in total. The molecule has 0 bridgehead atoms. The molecule has 3 N–H and O–H groups in total. The summed E-state index contributed by atoms with van der Waals surface area (Å²) in [5.74, 6) is 0.740. The van der Waals surface area contributed by atoms with Crippen molar-refractivity contribution in [2.24, 2.45) is 0 Å². The van der Waals surface area contributed by atoms with Crippen LogP contribution >= 0.6 is 11.8 Å². The Morgan fingerprint density at radius 1 is 0.750 bits per heavy atom. The van der Waals surface area contributed by atoms with E-state index in [0.717, 1.165) is 12.2 Å². The van der Waals surface area contributed by atoms with Gasteiger partial charge in [-0.25, -0.2) is 0 Å². The molecule has 0 aromatic heterocycles. The molecule has 0 heterocycles. The molecular weight excluding hydrogens is 370 g/mol. The number of aliphatic hydroxyl groups is 3. The lowest BCUT2D eigenvalue weighted by Gasteiger charge is -2.24. The predicted molar refractivity (Wildman–Crippen MR) is 124 cm³/mol. The molecule has 0 aliphatic rings. The molecule has 0 spiro atoms. The lowest BCUT2D eigenvalue weighted by Crippen LogP contribution is -2.37. The summed E-state index contributed by atoms with van der Waals surface area (Å²) in [5.41, 5.74) is 0. The highest BCUT2D eigenvalue weighted by molar-refractivity contribution is 7.99. The Balaban J connectivity index is 3.64. The van der Waals surface area contributed by atoms with E-state index in [-0.39, 0.29) is 13.2 Å². The molecule has 0 radical (unpaired) electrons. The van der Waals surface area contributed by atoms with Crippen LogP contribution in [0, 0.1) is 0 Å². The second-order valence-corrected chi connectivity index (χ2v) is 9.42. The Bertz CT molecular complexity index is 302. The highest BCUT2D eigenvalue weighted by Gasteiger charge is 2.14. The molecule has 0 saturated carbocycles. The minimum Gasteiger partial charge on any atom is -0.395 e. The van der Waals surface area contributed by atoms with Crippen molar-refractivity contribution in [3.05, 3.63) is 0 Å². The van der Waals surface area contributed by atoms with E-state index in [2.05, 4.69) is 13.8 Å². The molecule has 0 aliphatic heterocycles. The Hall–Kier alpha value is 0.190. The second-order valence-electron chi connectivity index (χ2n) is 8.09. The van der Waals surface area contributed by atoms with Crippen LogP contribution in [0.3, 0.4) is 0 Å². The van der Waals surface area contributed by atoms with Gasteiger partial charge >= 0.3 is 0 Å². The Morgan fingerprint density at radius 3 is 1.71 bits per heavy atom. The Morgan fingerprint density at radius 2 is 1.25 bits per heavy atom. The average Bonchev–Trinajstić information content (AvgIpc) is 2.68. The highest BCUT2D eigenvalue weighted by Crippen LogP contribution is 2.22. The van der Waals surface area contributed by atoms with E-state index in [0.29, 0.717) is 24.9 Å². The van der Waals surface area contributed by atoms with Gasteiger partial charge in [0.1, 0.15) is 0 Å². The largest absolute Gasteiger partial charge is 0.395 e. The van der Waals surface area contributed by atoms with E-state index in [4.69, 9.17) is 10.2 Å². The molecule has 0 aromatic carbocycles. The maximum Gasteiger partial charge on any atom is 0.0757 e. The van der Waals surface area contributed by atoms with E-state index in [9.17, 15) is 5.11 Å². The smallest absolute Gasteiger partial charge is 0.0757 e. The Labute approximate surface area is 179 Å². The topological polar surface area (TPSA) is 63.9 Å². The van der Waals surface area contributed by atoms with Crippen LogP contribution in [0.15, 0.2) is 0 Å². The SMILES string of the molecule is CCCCCCCCCCCCCC(CC)SCC(O)CN(CCO)CCO. The maximum atomic E-state index is 10.3. The third-order valence-electron chi connectivity index (χ3n) is 5.41. The van der Waals surface area contributed by atoms with Crippen molar-refractivity contribution < 1.29 is 15.3 Å². The first kappa shape index (κ1) is 28.2. The predicted octanol–water partition coefficient (Wildman–Crippen LogP) is 4.85. The van der Waals surface area contributed by atoms with Crippen molar-refractivity contribution in [3.8, 4) is 0 Å². The van der Waals surface area contributed by atoms with Crippen LogP contribution < -0.4 is 0 Å². The number of rotatable bonds is 22. The van der Waals surface area contributed by atoms with Gasteiger partial charge < -0.3 is 15.3 Å². The van der Waals surface area contributed by atoms with E-state index in [1.54, 1.807) is 0 Å². The van der Waals surface area contributed by atoms with Crippen LogP contribution in [0.25, 0.3) is 0 Å². The first-order valence-corrected chi connectivity index (χ1v) is 13.0. The zero-order valence-electron chi connectivity index (χ0n) is 18.8. The summed E-state index contributed by atoms with van der Waals surface area (Å²) in [5, 5.41) is 29.0. The van der Waals surface area contributed by atoms with Crippen LogP contribution in [-0.4, -0.2) is 70.2 Å². The van der Waals surface area contributed by atoms with E-state index >= 15 is 0 Å². The first-order chi connectivity index (χ1) is 13.7. The van der Waals surface area contributed by atoms with Gasteiger partial charge in [-0.2, -0.15) is 11.8 Å². The maximum absolute atomic E-state index is 10.3. The molecule has 2 atom stereocenters. The van der Waals surface area contributed by atoms with Gasteiger partial charge in [-0.3, -0.25) is 4.90 Å². The summed E-state index contributed by atoms with van der Waals surface area (Å²) in [7, 11) is 0. The molecule has 0 saturated heterocycles. The number of unbranched alkanes of at least 4 members (excludes halogenated alkanes) is 10. The lowest BCUT2D eigenvalue weighted by atomic mass is 10.0. The quantitative estimate of drug-likeness (QED) is 0.219. The van der Waals surface area contributed by atoms with Crippen LogP contribution in [0.1, 0.15) is 97.3 Å². The van der Waals surface area contributed by atoms with Crippen LogP contribution in [-0.2, 0) is 0 Å². The molecule has 0 aliphatic carbocycles. The summed E-state index contributed by atoms with van der Waals surface area (Å²) in [6, 6.07) is 0. The van der Waals surface area contributed by atoms with Crippen molar-refractivity contribution in [2.45, 2.75) is 109 Å². The summed E-state index contributed by atoms with van der Waals surface area (Å²) in [4.78, 5) is 1.93. The number of hydrogen-bond acceptors (Lipinski definition) is 5. The van der Waals surface area contributed by atoms with E-state index in [1.165, 1.54) is 77.0 Å². The van der Waals surface area contributed by atoms with Gasteiger partial charge in [0.25, 0.3) is 0 Å². The van der Waals surface area contributed by atoms with Gasteiger partial charge in [0.05, 0.1) is 19.3 Å². The number of thioether (sulfide) groups is 1. The van der Waals surface area contributed by atoms with Gasteiger partial charge in [-0.1, -0.05) is 84.5 Å². The normalized spacial score (nSPS) is 13.9. The molecular formula is C23H49NO3S. The van der Waals surface area contributed by atoms with Gasteiger partial charge in [0.15, 0.2) is 0 Å². The zero-order chi connectivity index (χ0) is 20.9. The molecule has 28 heavy (non-hydrogen) atoms. The third kappa shape index (κ3) is 18.2. The fraction of sp³-hybridized carbons (Fsp3) is 1.00. The molecule has 0 amide bonds. The monoisotopic (exact) mass is 419 g/mol. The van der Waals surface area contributed by atoms with E-state index in [1.807, 2.05) is 16.7 Å². The number of nitrogens with zero attached hydrogens (tertiary/aromatic N) is 1. The fourth-order valence-electron chi connectivity index (χ4n) is 3.62. The summed E-state index contributed by atoms with van der Waals surface area (Å²) < 4.78 is 0. The fourth-order valence-corrected chi connectivity index (χ4v) is 4.79. The van der Waals surface area contributed by atoms with Crippen molar-refractivity contribution >= 4 is 11.8 Å². The van der Waals surface area contributed by atoms with Gasteiger partial charge in [-0.05, 0) is 12.8 Å². The first-order valence-electron chi connectivity index (χ1n) is 11.9. The molecule has 0 rings (SSSR count). The zero-order valence-corrected chi connectivity index (χ0v) is 19.6. The number of aliphatic hydroxyl groups excluding tert-OH is 3. The van der Waals surface area contributed by atoms with E-state index < -0.39 is 6.10 Å². The van der Waals surface area contributed by atoms with Crippen molar-refractivity contribution in [1.29, 1.82) is 0 Å². The molecule has 2 unspecified atom stereocenters. The summed E-state index contributed by atoms with van der Waals surface area (Å²) in [6.07, 6.45) is 17.2. The van der Waals surface area contributed by atoms with Gasteiger partial charge in [0.2, 0.25) is 0 Å². The van der Waals surface area contributed by atoms with Crippen LogP contribution in [0.4, 0.5) is 0 Å². The standard InChI is InChI=1S/C23H49NO3S/c1-3-5-6-7-8-9-10-11-12-13-14-15-23(4-2)28-21-22(27)20-24(16-18-25)17-19-26/h22-23,25-27H,3-21H2,1-2H3. The Kier molecular flexibility index (Phi) is 22.0. The van der Waals surface area contributed by atoms with Crippen molar-refractivity contribution in [2.75, 3.05) is 38.6 Å². The third-order valence-corrected chi connectivity index (χ3v) is 7.03. The second kappa shape index (κ2) is 21.9. The van der Waals surface area contributed by atoms with Crippen LogP contribution in [0.5, 0.6) is 0 Å². The number of hydrogen-bond donors (Lipinski definition) is 3. The summed E-state index contributed by atoms with van der Waals surface area (Å²) >= 11 is 1.89. The van der Waals surface area contributed by atoms with Gasteiger partial charge in [-0.15, -0.1) is 0 Å². The van der Waals surface area contributed by atoms with Crippen molar-refractivity contribution in [3.63, 3.8) is 0 Å².